The number of morpholine rings is 1. The quantitative estimate of drug-likeness (QED) is 0.677. The lowest BCUT2D eigenvalue weighted by atomic mass is 10.2. The van der Waals surface area contributed by atoms with Gasteiger partial charge in [0.2, 0.25) is 5.91 Å². The highest BCUT2D eigenvalue weighted by atomic mass is 16.5. The molecule has 0 aromatic carbocycles. The van der Waals surface area contributed by atoms with Crippen molar-refractivity contribution < 1.29 is 9.53 Å². The molecule has 6 nitrogen and oxygen atoms in total. The van der Waals surface area contributed by atoms with Crippen LogP contribution in [0.2, 0.25) is 0 Å². The molecular weight excluding hydrogens is 232 g/mol. The van der Waals surface area contributed by atoms with Crippen molar-refractivity contribution in [3.8, 4) is 6.07 Å². The van der Waals surface area contributed by atoms with Gasteiger partial charge in [-0.1, -0.05) is 0 Å². The summed E-state index contributed by atoms with van der Waals surface area (Å²) in [5.41, 5.74) is 0. The number of likely N-dealkylation sites (N-methyl/N-ethyl adjacent to an activating group) is 2. The summed E-state index contributed by atoms with van der Waals surface area (Å²) in [6.45, 7) is 3.94. The van der Waals surface area contributed by atoms with Crippen molar-refractivity contribution in [2.45, 2.75) is 12.5 Å². The standard InChI is InChI=1S/C12H22N4O2/c1-14-8-11-9-16(6-7-18-11)10-12(17)15(2)5-3-4-13/h11,14H,3,5-10H2,1-2H3. The van der Waals surface area contributed by atoms with E-state index in [0.29, 0.717) is 26.1 Å². The summed E-state index contributed by atoms with van der Waals surface area (Å²) in [6.07, 6.45) is 0.536. The van der Waals surface area contributed by atoms with E-state index in [2.05, 4.69) is 10.2 Å². The van der Waals surface area contributed by atoms with Gasteiger partial charge in [-0.15, -0.1) is 0 Å². The molecule has 102 valence electrons. The fourth-order valence-corrected chi connectivity index (χ4v) is 1.93. The summed E-state index contributed by atoms with van der Waals surface area (Å²) in [5, 5.41) is 11.6. The molecule has 0 spiro atoms. The SMILES string of the molecule is CNCC1CN(CC(=O)N(C)CCC#N)CCO1. The zero-order valence-electron chi connectivity index (χ0n) is 11.2. The number of hydrogen-bond donors (Lipinski definition) is 1. The molecule has 0 aromatic rings. The van der Waals surface area contributed by atoms with Crippen LogP contribution in [0, 0.1) is 11.3 Å². The zero-order valence-corrected chi connectivity index (χ0v) is 11.2. The van der Waals surface area contributed by atoms with Gasteiger partial charge >= 0.3 is 0 Å². The first-order chi connectivity index (χ1) is 8.67. The van der Waals surface area contributed by atoms with Gasteiger partial charge in [0.15, 0.2) is 0 Å². The van der Waals surface area contributed by atoms with Gasteiger partial charge < -0.3 is 15.0 Å². The van der Waals surface area contributed by atoms with Crippen LogP contribution in [0.3, 0.4) is 0 Å². The molecule has 0 saturated carbocycles. The average Bonchev–Trinajstić information content (AvgIpc) is 2.36. The Morgan fingerprint density at radius 3 is 3.11 bits per heavy atom. The molecule has 1 unspecified atom stereocenters. The van der Waals surface area contributed by atoms with Crippen LogP contribution in [-0.4, -0.2) is 75.2 Å². The minimum atomic E-state index is 0.0651. The topological polar surface area (TPSA) is 68.6 Å². The van der Waals surface area contributed by atoms with Gasteiger partial charge in [0.25, 0.3) is 0 Å². The lowest BCUT2D eigenvalue weighted by Crippen LogP contribution is -2.49. The molecule has 0 aliphatic carbocycles. The van der Waals surface area contributed by atoms with Crippen LogP contribution >= 0.6 is 0 Å². The van der Waals surface area contributed by atoms with Crippen molar-refractivity contribution >= 4 is 5.91 Å². The van der Waals surface area contributed by atoms with Gasteiger partial charge in [0, 0.05) is 33.2 Å². The van der Waals surface area contributed by atoms with Crippen LogP contribution in [-0.2, 0) is 9.53 Å². The summed E-state index contributed by atoms with van der Waals surface area (Å²) in [7, 11) is 3.63. The second-order valence-electron chi connectivity index (χ2n) is 4.51. The fourth-order valence-electron chi connectivity index (χ4n) is 1.93. The molecule has 1 fully saturated rings. The second kappa shape index (κ2) is 8.03. The number of nitrogens with one attached hydrogen (secondary N) is 1. The maximum atomic E-state index is 11.9. The first kappa shape index (κ1) is 14.9. The minimum Gasteiger partial charge on any atom is -0.374 e. The monoisotopic (exact) mass is 254 g/mol. The third-order valence-electron chi connectivity index (χ3n) is 3.00. The van der Waals surface area contributed by atoms with E-state index in [9.17, 15) is 4.79 Å². The number of amides is 1. The Hall–Kier alpha value is -1.16. The predicted octanol–water partition coefficient (Wildman–Crippen LogP) is -0.721. The number of carbonyl (C=O) groups excluding carboxylic acids is 1. The highest BCUT2D eigenvalue weighted by molar-refractivity contribution is 5.78. The van der Waals surface area contributed by atoms with E-state index >= 15 is 0 Å². The molecule has 1 N–H and O–H groups in total. The van der Waals surface area contributed by atoms with E-state index < -0.39 is 0 Å². The maximum absolute atomic E-state index is 11.9. The summed E-state index contributed by atoms with van der Waals surface area (Å²) in [6, 6.07) is 2.05. The Morgan fingerprint density at radius 1 is 1.67 bits per heavy atom. The molecule has 1 amide bonds. The first-order valence-electron chi connectivity index (χ1n) is 6.26. The lowest BCUT2D eigenvalue weighted by Gasteiger charge is -2.33. The number of ether oxygens (including phenoxy) is 1. The van der Waals surface area contributed by atoms with E-state index in [0.717, 1.165) is 19.6 Å². The Bertz CT molecular complexity index is 301. The van der Waals surface area contributed by atoms with Gasteiger partial charge in [-0.3, -0.25) is 9.69 Å². The Morgan fingerprint density at radius 2 is 2.44 bits per heavy atom. The summed E-state index contributed by atoms with van der Waals surface area (Å²) >= 11 is 0. The lowest BCUT2D eigenvalue weighted by molar-refractivity contribution is -0.133. The molecule has 1 atom stereocenters. The number of rotatable bonds is 6. The molecule has 0 bridgehead atoms. The average molecular weight is 254 g/mol. The zero-order chi connectivity index (χ0) is 13.4. The highest BCUT2D eigenvalue weighted by Gasteiger charge is 2.22. The molecule has 1 aliphatic heterocycles. The summed E-state index contributed by atoms with van der Waals surface area (Å²) < 4.78 is 5.58. The molecule has 1 aliphatic rings. The molecule has 1 saturated heterocycles. The fraction of sp³-hybridized carbons (Fsp3) is 0.833. The number of nitriles is 1. The van der Waals surface area contributed by atoms with Crippen LogP contribution in [0.1, 0.15) is 6.42 Å². The summed E-state index contributed by atoms with van der Waals surface area (Å²) in [5.74, 6) is 0.0651. The minimum absolute atomic E-state index is 0.0651. The summed E-state index contributed by atoms with van der Waals surface area (Å²) in [4.78, 5) is 15.6. The van der Waals surface area contributed by atoms with Crippen molar-refractivity contribution in [2.24, 2.45) is 0 Å². The van der Waals surface area contributed by atoms with Crippen molar-refractivity contribution in [3.05, 3.63) is 0 Å². The number of carbonyl (C=O) groups is 1. The van der Waals surface area contributed by atoms with E-state index in [1.165, 1.54) is 0 Å². The molecule has 18 heavy (non-hydrogen) atoms. The van der Waals surface area contributed by atoms with E-state index in [1.54, 1.807) is 11.9 Å². The number of nitrogens with zero attached hydrogens (tertiary/aromatic N) is 3. The normalized spacial score (nSPS) is 20.4. The maximum Gasteiger partial charge on any atom is 0.236 e. The Labute approximate surface area is 108 Å². The van der Waals surface area contributed by atoms with Gasteiger partial charge in [-0.2, -0.15) is 5.26 Å². The molecular formula is C12H22N4O2. The number of hydrogen-bond acceptors (Lipinski definition) is 5. The third kappa shape index (κ3) is 5.00. The molecule has 1 heterocycles. The van der Waals surface area contributed by atoms with E-state index in [4.69, 9.17) is 10.00 Å². The first-order valence-corrected chi connectivity index (χ1v) is 6.26. The van der Waals surface area contributed by atoms with Gasteiger partial charge in [-0.05, 0) is 7.05 Å². The molecule has 0 radical (unpaired) electrons. The van der Waals surface area contributed by atoms with E-state index in [-0.39, 0.29) is 12.0 Å². The Balaban J connectivity index is 2.32. The van der Waals surface area contributed by atoms with Crippen molar-refractivity contribution in [1.29, 1.82) is 5.26 Å². The van der Waals surface area contributed by atoms with Gasteiger partial charge in [0.1, 0.15) is 0 Å². The van der Waals surface area contributed by atoms with Crippen LogP contribution in [0.4, 0.5) is 0 Å². The second-order valence-corrected chi connectivity index (χ2v) is 4.51. The van der Waals surface area contributed by atoms with Crippen molar-refractivity contribution in [3.63, 3.8) is 0 Å². The van der Waals surface area contributed by atoms with Gasteiger partial charge in [0.05, 0.1) is 31.7 Å². The smallest absolute Gasteiger partial charge is 0.236 e. The van der Waals surface area contributed by atoms with Crippen LogP contribution in [0.25, 0.3) is 0 Å². The third-order valence-corrected chi connectivity index (χ3v) is 3.00. The van der Waals surface area contributed by atoms with Crippen LogP contribution in [0.5, 0.6) is 0 Å². The van der Waals surface area contributed by atoms with Gasteiger partial charge in [-0.25, -0.2) is 0 Å². The van der Waals surface area contributed by atoms with E-state index in [1.807, 2.05) is 13.1 Å². The van der Waals surface area contributed by atoms with Crippen molar-refractivity contribution in [1.82, 2.24) is 15.1 Å². The predicted molar refractivity (Wildman–Crippen MR) is 68.0 cm³/mol. The van der Waals surface area contributed by atoms with Crippen LogP contribution < -0.4 is 5.32 Å². The van der Waals surface area contributed by atoms with Crippen molar-refractivity contribution in [2.75, 3.05) is 53.4 Å². The Kier molecular flexibility index (Phi) is 6.65. The molecule has 1 rings (SSSR count). The molecule has 0 aromatic heterocycles. The largest absolute Gasteiger partial charge is 0.374 e. The molecule has 6 heteroatoms. The highest BCUT2D eigenvalue weighted by Crippen LogP contribution is 2.04. The van der Waals surface area contributed by atoms with Crippen LogP contribution in [0.15, 0.2) is 0 Å².